The van der Waals surface area contributed by atoms with Crippen LogP contribution in [0.4, 0.5) is 0 Å². The average molecular weight is 316 g/mol. The number of carboxylic acid groups (broad SMARTS) is 1. The zero-order valence-electron chi connectivity index (χ0n) is 11.5. The molecule has 0 aromatic heterocycles. The average Bonchev–Trinajstić information content (AvgIpc) is 2.45. The Labute approximate surface area is 122 Å². The molecule has 0 radical (unpaired) electrons. The van der Waals surface area contributed by atoms with Crippen LogP contribution in [0.2, 0.25) is 0 Å². The molecule has 0 bridgehead atoms. The highest BCUT2D eigenvalue weighted by Gasteiger charge is 2.20. The SMILES string of the molecule is CNC(=O)CCNS(=O)(=O)c1ccc(C(=O)O)cc1OC. The van der Waals surface area contributed by atoms with Gasteiger partial charge >= 0.3 is 5.97 Å². The lowest BCUT2D eigenvalue weighted by Crippen LogP contribution is -2.29. The first-order valence-electron chi connectivity index (χ1n) is 5.93. The maximum Gasteiger partial charge on any atom is 0.335 e. The third kappa shape index (κ3) is 4.43. The van der Waals surface area contributed by atoms with E-state index in [0.717, 1.165) is 18.2 Å². The van der Waals surface area contributed by atoms with Crippen molar-refractivity contribution in [2.45, 2.75) is 11.3 Å². The van der Waals surface area contributed by atoms with Crippen molar-refractivity contribution in [1.29, 1.82) is 0 Å². The summed E-state index contributed by atoms with van der Waals surface area (Å²) in [6.45, 7) is -0.0775. The molecule has 3 N–H and O–H groups in total. The van der Waals surface area contributed by atoms with Gasteiger partial charge in [0.15, 0.2) is 0 Å². The number of nitrogens with one attached hydrogen (secondary N) is 2. The number of rotatable bonds is 7. The Bertz CT molecular complexity index is 641. The first-order chi connectivity index (χ1) is 9.81. The molecule has 8 nitrogen and oxygen atoms in total. The van der Waals surface area contributed by atoms with Gasteiger partial charge in [-0.25, -0.2) is 17.9 Å². The van der Waals surface area contributed by atoms with Gasteiger partial charge in [-0.15, -0.1) is 0 Å². The molecule has 21 heavy (non-hydrogen) atoms. The molecule has 0 aliphatic rings. The van der Waals surface area contributed by atoms with Crippen molar-refractivity contribution < 1.29 is 27.9 Å². The molecule has 0 unspecified atom stereocenters. The minimum absolute atomic E-state index is 0.00868. The van der Waals surface area contributed by atoms with Crippen LogP contribution in [-0.4, -0.2) is 46.1 Å². The molecule has 0 heterocycles. The predicted octanol–water partition coefficient (Wildman–Crippen LogP) is -0.192. The zero-order chi connectivity index (χ0) is 16.0. The number of ether oxygens (including phenoxy) is 1. The molecule has 9 heteroatoms. The van der Waals surface area contributed by atoms with Crippen LogP contribution in [0.1, 0.15) is 16.8 Å². The molecule has 1 amide bonds. The smallest absolute Gasteiger partial charge is 0.335 e. The van der Waals surface area contributed by atoms with Crippen molar-refractivity contribution in [3.63, 3.8) is 0 Å². The summed E-state index contributed by atoms with van der Waals surface area (Å²) in [6, 6.07) is 3.43. The number of carboxylic acids is 1. The van der Waals surface area contributed by atoms with E-state index < -0.39 is 16.0 Å². The third-order valence-corrected chi connectivity index (χ3v) is 4.12. The van der Waals surface area contributed by atoms with Crippen molar-refractivity contribution in [2.24, 2.45) is 0 Å². The number of hydrogen-bond donors (Lipinski definition) is 3. The summed E-state index contributed by atoms with van der Waals surface area (Å²) >= 11 is 0. The monoisotopic (exact) mass is 316 g/mol. The lowest BCUT2D eigenvalue weighted by molar-refractivity contribution is -0.120. The molecule has 1 aromatic rings. The molecule has 0 fully saturated rings. The number of amides is 1. The summed E-state index contributed by atoms with van der Waals surface area (Å²) in [7, 11) is -1.21. The Morgan fingerprint density at radius 1 is 1.33 bits per heavy atom. The number of sulfonamides is 1. The summed E-state index contributed by atoms with van der Waals surface area (Å²) < 4.78 is 31.3. The second-order valence-electron chi connectivity index (χ2n) is 3.99. The van der Waals surface area contributed by atoms with Gasteiger partial charge in [0.25, 0.3) is 0 Å². The van der Waals surface area contributed by atoms with Gasteiger partial charge in [0.05, 0.1) is 12.7 Å². The van der Waals surface area contributed by atoms with Crippen LogP contribution in [0.25, 0.3) is 0 Å². The lowest BCUT2D eigenvalue weighted by Gasteiger charge is -2.11. The van der Waals surface area contributed by atoms with Crippen molar-refractivity contribution in [1.82, 2.24) is 10.0 Å². The Balaban J connectivity index is 2.97. The Hall–Kier alpha value is -2.13. The predicted molar refractivity (Wildman–Crippen MR) is 73.8 cm³/mol. The van der Waals surface area contributed by atoms with Crippen LogP contribution in [0, 0.1) is 0 Å². The first-order valence-corrected chi connectivity index (χ1v) is 7.41. The van der Waals surface area contributed by atoms with Crippen LogP contribution in [0.3, 0.4) is 0 Å². The summed E-state index contributed by atoms with van der Waals surface area (Å²) in [5.41, 5.74) is -0.0869. The number of carbonyl (C=O) groups is 2. The topological polar surface area (TPSA) is 122 Å². The van der Waals surface area contributed by atoms with E-state index in [1.807, 2.05) is 0 Å². The summed E-state index contributed by atoms with van der Waals surface area (Å²) in [6.07, 6.45) is -0.00868. The highest BCUT2D eigenvalue weighted by atomic mass is 32.2. The van der Waals surface area contributed by atoms with Gasteiger partial charge in [0.1, 0.15) is 10.6 Å². The Kier molecular flexibility index (Phi) is 5.68. The number of aromatic carboxylic acids is 1. The van der Waals surface area contributed by atoms with Crippen molar-refractivity contribution in [2.75, 3.05) is 20.7 Å². The van der Waals surface area contributed by atoms with Gasteiger partial charge in [0.2, 0.25) is 15.9 Å². The van der Waals surface area contributed by atoms with E-state index in [1.165, 1.54) is 14.2 Å². The molecule has 0 aliphatic carbocycles. The highest BCUT2D eigenvalue weighted by Crippen LogP contribution is 2.24. The molecule has 0 spiro atoms. The number of hydrogen-bond acceptors (Lipinski definition) is 5. The van der Waals surface area contributed by atoms with Gasteiger partial charge < -0.3 is 15.2 Å². The number of methoxy groups -OCH3 is 1. The third-order valence-electron chi connectivity index (χ3n) is 2.62. The van der Waals surface area contributed by atoms with Crippen LogP contribution in [0.5, 0.6) is 5.75 Å². The largest absolute Gasteiger partial charge is 0.495 e. The Morgan fingerprint density at radius 3 is 2.52 bits per heavy atom. The van der Waals surface area contributed by atoms with Crippen molar-refractivity contribution in [3.05, 3.63) is 23.8 Å². The minimum Gasteiger partial charge on any atom is -0.495 e. The minimum atomic E-state index is -3.90. The molecular weight excluding hydrogens is 300 g/mol. The quantitative estimate of drug-likeness (QED) is 0.641. The molecule has 1 aromatic carbocycles. The fraction of sp³-hybridized carbons (Fsp3) is 0.333. The van der Waals surface area contributed by atoms with Crippen LogP contribution in [0.15, 0.2) is 23.1 Å². The molecule has 0 saturated heterocycles. The van der Waals surface area contributed by atoms with E-state index in [1.54, 1.807) is 0 Å². The second kappa shape index (κ2) is 7.04. The molecule has 0 atom stereocenters. The highest BCUT2D eigenvalue weighted by molar-refractivity contribution is 7.89. The maximum absolute atomic E-state index is 12.1. The summed E-state index contributed by atoms with van der Waals surface area (Å²) in [5.74, 6) is -1.57. The Morgan fingerprint density at radius 2 is 2.00 bits per heavy atom. The van der Waals surface area contributed by atoms with Crippen molar-refractivity contribution in [3.8, 4) is 5.75 Å². The van der Waals surface area contributed by atoms with Gasteiger partial charge in [0, 0.05) is 20.0 Å². The van der Waals surface area contributed by atoms with E-state index in [0.29, 0.717) is 0 Å². The standard InChI is InChI=1S/C12H16N2O6S/c1-13-11(15)5-6-14-21(18,19)10-4-3-8(12(16)17)7-9(10)20-2/h3-4,7,14H,5-6H2,1-2H3,(H,13,15)(H,16,17). The van der Waals surface area contributed by atoms with Gasteiger partial charge in [-0.05, 0) is 18.2 Å². The number of carbonyl (C=O) groups excluding carboxylic acids is 1. The molecule has 0 aliphatic heterocycles. The normalized spacial score (nSPS) is 11.0. The van der Waals surface area contributed by atoms with Gasteiger partial charge in [-0.1, -0.05) is 0 Å². The molecular formula is C12H16N2O6S. The zero-order valence-corrected chi connectivity index (χ0v) is 12.4. The van der Waals surface area contributed by atoms with Crippen LogP contribution >= 0.6 is 0 Å². The lowest BCUT2D eigenvalue weighted by atomic mass is 10.2. The van der Waals surface area contributed by atoms with E-state index in [9.17, 15) is 18.0 Å². The van der Waals surface area contributed by atoms with E-state index in [4.69, 9.17) is 9.84 Å². The molecule has 0 saturated carbocycles. The van der Waals surface area contributed by atoms with Gasteiger partial charge in [-0.3, -0.25) is 4.79 Å². The molecule has 1 rings (SSSR count). The maximum atomic E-state index is 12.1. The summed E-state index contributed by atoms with van der Waals surface area (Å²) in [4.78, 5) is 21.7. The van der Waals surface area contributed by atoms with E-state index in [-0.39, 0.29) is 35.1 Å². The van der Waals surface area contributed by atoms with Crippen molar-refractivity contribution >= 4 is 21.9 Å². The van der Waals surface area contributed by atoms with Gasteiger partial charge in [-0.2, -0.15) is 0 Å². The van der Waals surface area contributed by atoms with Crippen LogP contribution < -0.4 is 14.8 Å². The van der Waals surface area contributed by atoms with Crippen LogP contribution in [-0.2, 0) is 14.8 Å². The number of benzene rings is 1. The van der Waals surface area contributed by atoms with E-state index in [2.05, 4.69) is 10.0 Å². The second-order valence-corrected chi connectivity index (χ2v) is 5.73. The molecule has 116 valence electrons. The first kappa shape index (κ1) is 16.9. The fourth-order valence-electron chi connectivity index (χ4n) is 1.52. The van der Waals surface area contributed by atoms with E-state index >= 15 is 0 Å². The summed E-state index contributed by atoms with van der Waals surface area (Å²) in [5, 5.41) is 11.2. The fourth-order valence-corrected chi connectivity index (χ4v) is 2.70.